The molecule has 0 aliphatic rings. The van der Waals surface area contributed by atoms with Gasteiger partial charge in [0.15, 0.2) is 0 Å². The van der Waals surface area contributed by atoms with Gasteiger partial charge in [-0.05, 0) is 84.0 Å². The van der Waals surface area contributed by atoms with E-state index in [0.29, 0.717) is 17.9 Å². The summed E-state index contributed by atoms with van der Waals surface area (Å²) in [5.74, 6) is -0.951. The molecule has 48 heavy (non-hydrogen) atoms. The van der Waals surface area contributed by atoms with E-state index in [0.717, 1.165) is 51.7 Å². The molecule has 6 rings (SSSR count). The van der Waals surface area contributed by atoms with Crippen molar-refractivity contribution >= 4 is 50.1 Å². The molecule has 6 nitrogen and oxygen atoms in total. The van der Waals surface area contributed by atoms with Gasteiger partial charge in [0.05, 0.1) is 16.6 Å². The van der Waals surface area contributed by atoms with E-state index in [9.17, 15) is 18.3 Å². The SMILES string of the molecule is O=C(O)c1ccc(CCCc2c(CCNS(=O)(=O)c3ccccc3Cl)n(C(c3ccccc3)c3ccccc3)c3ccc(Cl)cc23)cc1. The second-order valence-corrected chi connectivity index (χ2v) is 14.2. The number of aryl methyl sites for hydroxylation is 2. The van der Waals surface area contributed by atoms with E-state index in [1.165, 1.54) is 6.07 Å². The fourth-order valence-electron chi connectivity index (χ4n) is 6.34. The number of nitrogens with one attached hydrogen (secondary N) is 1. The zero-order chi connectivity index (χ0) is 33.7. The molecule has 0 saturated heterocycles. The van der Waals surface area contributed by atoms with Gasteiger partial charge in [-0.2, -0.15) is 0 Å². The summed E-state index contributed by atoms with van der Waals surface area (Å²) in [5.41, 5.74) is 6.60. The van der Waals surface area contributed by atoms with Crippen molar-refractivity contribution in [3.63, 3.8) is 0 Å². The van der Waals surface area contributed by atoms with E-state index in [-0.39, 0.29) is 28.1 Å². The van der Waals surface area contributed by atoms with Crippen molar-refractivity contribution in [2.24, 2.45) is 0 Å². The van der Waals surface area contributed by atoms with Gasteiger partial charge in [0.25, 0.3) is 0 Å². The molecule has 0 unspecified atom stereocenters. The number of hydrogen-bond acceptors (Lipinski definition) is 3. The Balaban J connectivity index is 1.44. The number of carboxylic acids is 1. The number of halogens is 2. The van der Waals surface area contributed by atoms with Crippen molar-refractivity contribution in [3.8, 4) is 0 Å². The van der Waals surface area contributed by atoms with Crippen molar-refractivity contribution in [2.75, 3.05) is 6.54 Å². The molecule has 5 aromatic carbocycles. The van der Waals surface area contributed by atoms with E-state index in [4.69, 9.17) is 23.2 Å². The first-order chi connectivity index (χ1) is 23.2. The summed E-state index contributed by atoms with van der Waals surface area (Å²) in [7, 11) is -3.86. The van der Waals surface area contributed by atoms with Crippen LogP contribution in [0.15, 0.2) is 132 Å². The normalized spacial score (nSPS) is 11.7. The maximum absolute atomic E-state index is 13.3. The van der Waals surface area contributed by atoms with Crippen molar-refractivity contribution in [3.05, 3.63) is 171 Å². The van der Waals surface area contributed by atoms with Crippen LogP contribution in [0.1, 0.15) is 50.8 Å². The van der Waals surface area contributed by atoms with E-state index >= 15 is 0 Å². The van der Waals surface area contributed by atoms with Crippen molar-refractivity contribution in [1.82, 2.24) is 9.29 Å². The summed E-state index contributed by atoms with van der Waals surface area (Å²) >= 11 is 12.9. The molecule has 2 N–H and O–H groups in total. The molecule has 244 valence electrons. The third-order valence-corrected chi connectivity index (χ3v) is 10.7. The standard InChI is InChI=1S/C39H34Cl2N2O4S/c40-31-22-23-35-33(26-31)32(15-9-10-27-18-20-30(21-19-27)39(44)45)36(24-25-42-48(46,47)37-17-8-7-16-34(37)41)43(35)38(28-11-3-1-4-12-28)29-13-5-2-6-14-29/h1-8,11-14,16-23,26,38,42H,9-10,15,24-25H2,(H,44,45). The van der Waals surface area contributed by atoms with Gasteiger partial charge in [-0.3, -0.25) is 0 Å². The van der Waals surface area contributed by atoms with Crippen LogP contribution >= 0.6 is 23.2 Å². The Morgan fingerprint density at radius 2 is 1.38 bits per heavy atom. The number of nitrogens with zero attached hydrogens (tertiary/aromatic N) is 1. The van der Waals surface area contributed by atoms with Gasteiger partial charge >= 0.3 is 5.97 Å². The molecule has 0 bridgehead atoms. The molecule has 6 aromatic rings. The van der Waals surface area contributed by atoms with E-state index in [2.05, 4.69) is 33.6 Å². The van der Waals surface area contributed by atoms with E-state index in [1.54, 1.807) is 30.3 Å². The van der Waals surface area contributed by atoms with Crippen molar-refractivity contribution < 1.29 is 18.3 Å². The molecule has 9 heteroatoms. The van der Waals surface area contributed by atoms with Gasteiger partial charge < -0.3 is 9.67 Å². The predicted octanol–water partition coefficient (Wildman–Crippen LogP) is 8.98. The Hall–Kier alpha value is -4.40. The average Bonchev–Trinajstić information content (AvgIpc) is 3.37. The minimum absolute atomic E-state index is 0.0413. The number of fused-ring (bicyclic) bond motifs is 1. The highest BCUT2D eigenvalue weighted by atomic mass is 35.5. The van der Waals surface area contributed by atoms with Crippen LogP contribution in [0.3, 0.4) is 0 Å². The fraction of sp³-hybridized carbons (Fsp3) is 0.154. The number of aromatic nitrogens is 1. The zero-order valence-electron chi connectivity index (χ0n) is 26.0. The number of hydrogen-bond donors (Lipinski definition) is 2. The molecule has 0 radical (unpaired) electrons. The Kier molecular flexibility index (Phi) is 10.3. The van der Waals surface area contributed by atoms with Gasteiger partial charge in [-0.1, -0.05) is 108 Å². The number of aromatic carboxylic acids is 1. The maximum atomic E-state index is 13.3. The number of benzene rings is 5. The summed E-state index contributed by atoms with van der Waals surface area (Å²) < 4.78 is 31.8. The first-order valence-electron chi connectivity index (χ1n) is 15.7. The van der Waals surface area contributed by atoms with Gasteiger partial charge in [0, 0.05) is 34.6 Å². The maximum Gasteiger partial charge on any atom is 0.335 e. The van der Waals surface area contributed by atoms with Gasteiger partial charge in [0.1, 0.15) is 4.90 Å². The Morgan fingerprint density at radius 1 is 0.750 bits per heavy atom. The molecule has 0 aliphatic heterocycles. The summed E-state index contributed by atoms with van der Waals surface area (Å²) in [5, 5.41) is 11.1. The van der Waals surface area contributed by atoms with Gasteiger partial charge in [-0.25, -0.2) is 17.9 Å². The third kappa shape index (κ3) is 7.35. The lowest BCUT2D eigenvalue weighted by molar-refractivity contribution is 0.0697. The summed E-state index contributed by atoms with van der Waals surface area (Å²) in [6.07, 6.45) is 2.65. The van der Waals surface area contributed by atoms with E-state index < -0.39 is 16.0 Å². The molecule has 0 atom stereocenters. The van der Waals surface area contributed by atoms with Gasteiger partial charge in [-0.15, -0.1) is 0 Å². The molecule has 1 aromatic heterocycles. The van der Waals surface area contributed by atoms with Crippen LogP contribution in [0.2, 0.25) is 10.0 Å². The topological polar surface area (TPSA) is 88.4 Å². The van der Waals surface area contributed by atoms with Crippen molar-refractivity contribution in [2.45, 2.75) is 36.6 Å². The average molecular weight is 698 g/mol. The molecular formula is C39H34Cl2N2O4S. The number of carbonyl (C=O) groups is 1. The number of carboxylic acid groups (broad SMARTS) is 1. The first kappa shape index (κ1) is 33.5. The minimum atomic E-state index is -3.86. The largest absolute Gasteiger partial charge is 0.478 e. The lowest BCUT2D eigenvalue weighted by Gasteiger charge is -2.25. The molecule has 1 heterocycles. The smallest absolute Gasteiger partial charge is 0.335 e. The Morgan fingerprint density at radius 3 is 2.00 bits per heavy atom. The molecule has 0 aliphatic carbocycles. The molecule has 0 fully saturated rings. The minimum Gasteiger partial charge on any atom is -0.478 e. The van der Waals surface area contributed by atoms with Crippen LogP contribution in [0, 0.1) is 0 Å². The van der Waals surface area contributed by atoms with Crippen LogP contribution in [0.25, 0.3) is 10.9 Å². The first-order valence-corrected chi connectivity index (χ1v) is 17.9. The van der Waals surface area contributed by atoms with E-state index in [1.807, 2.05) is 66.7 Å². The number of rotatable bonds is 13. The molecule has 0 saturated carbocycles. The van der Waals surface area contributed by atoms with Crippen LogP contribution in [0.5, 0.6) is 0 Å². The predicted molar refractivity (Wildman–Crippen MR) is 193 cm³/mol. The second kappa shape index (κ2) is 14.8. The van der Waals surface area contributed by atoms with Crippen LogP contribution in [-0.4, -0.2) is 30.6 Å². The third-order valence-electron chi connectivity index (χ3n) is 8.54. The van der Waals surface area contributed by atoms with Crippen LogP contribution in [-0.2, 0) is 29.3 Å². The summed E-state index contributed by atoms with van der Waals surface area (Å²) in [6, 6.07) is 39.7. The fourth-order valence-corrected chi connectivity index (χ4v) is 8.06. The Labute approximate surface area is 290 Å². The Bertz CT molecular complexity index is 2110. The zero-order valence-corrected chi connectivity index (χ0v) is 28.3. The highest BCUT2D eigenvalue weighted by molar-refractivity contribution is 7.89. The monoisotopic (exact) mass is 696 g/mol. The summed E-state index contributed by atoms with van der Waals surface area (Å²) in [4.78, 5) is 11.4. The number of sulfonamides is 1. The highest BCUT2D eigenvalue weighted by Gasteiger charge is 2.26. The quantitative estimate of drug-likeness (QED) is 0.126. The van der Waals surface area contributed by atoms with Crippen LogP contribution in [0.4, 0.5) is 0 Å². The van der Waals surface area contributed by atoms with Crippen molar-refractivity contribution in [1.29, 1.82) is 0 Å². The molecular weight excluding hydrogens is 663 g/mol. The lowest BCUT2D eigenvalue weighted by Crippen LogP contribution is -2.27. The highest BCUT2D eigenvalue weighted by Crippen LogP contribution is 2.38. The van der Waals surface area contributed by atoms with Crippen LogP contribution < -0.4 is 4.72 Å². The van der Waals surface area contributed by atoms with Gasteiger partial charge in [0.2, 0.25) is 10.0 Å². The lowest BCUT2D eigenvalue weighted by atomic mass is 9.97. The molecule has 0 spiro atoms. The second-order valence-electron chi connectivity index (χ2n) is 11.6. The summed E-state index contributed by atoms with van der Waals surface area (Å²) in [6.45, 7) is 0.150. The molecule has 0 amide bonds.